The Labute approximate surface area is 217 Å². The third kappa shape index (κ3) is 4.98. The van der Waals surface area contributed by atoms with Gasteiger partial charge in [0, 0.05) is 17.4 Å². The number of fused-ring (bicyclic) bond motifs is 1. The van der Waals surface area contributed by atoms with E-state index in [1.54, 1.807) is 24.4 Å². The van der Waals surface area contributed by atoms with Crippen molar-refractivity contribution in [3.63, 3.8) is 0 Å². The zero-order valence-corrected chi connectivity index (χ0v) is 21.4. The van der Waals surface area contributed by atoms with E-state index >= 15 is 0 Å². The zero-order chi connectivity index (χ0) is 26.1. The van der Waals surface area contributed by atoms with Crippen molar-refractivity contribution in [1.82, 2.24) is 20.2 Å². The number of amides is 3. The van der Waals surface area contributed by atoms with Crippen molar-refractivity contribution >= 4 is 45.7 Å². The third-order valence-corrected chi connectivity index (χ3v) is 8.27. The van der Waals surface area contributed by atoms with Crippen molar-refractivity contribution in [2.45, 2.75) is 70.4 Å². The number of hydrogen-bond donors (Lipinski definition) is 2. The summed E-state index contributed by atoms with van der Waals surface area (Å²) in [5.41, 5.74) is 1.61. The number of thiophene rings is 1. The molecule has 1 aromatic carbocycles. The van der Waals surface area contributed by atoms with Gasteiger partial charge in [0.05, 0.1) is 22.3 Å². The highest BCUT2D eigenvalue weighted by molar-refractivity contribution is 7.11. The second kappa shape index (κ2) is 10.4. The molecular formula is C27H28N4O5S. The highest BCUT2D eigenvalue weighted by atomic mass is 32.1. The standard InChI is InChI=1S/C27H28N4O5S/c1-15-29-23-19(27(36)31(15)20-11-12-22(32)30-25(20)34)14-37-21(23)13-28-26(35)24(33)18-9-7-17(8-10-18)16-5-3-2-4-6-16/h7-10,14,16,20H,2-6,11-13H2,1H3,(H,28,35)(H,30,32,34). The lowest BCUT2D eigenvalue weighted by molar-refractivity contribution is -0.135. The maximum Gasteiger partial charge on any atom is 0.292 e. The monoisotopic (exact) mass is 520 g/mol. The van der Waals surface area contributed by atoms with E-state index in [-0.39, 0.29) is 30.9 Å². The van der Waals surface area contributed by atoms with Gasteiger partial charge in [-0.15, -0.1) is 11.3 Å². The Morgan fingerprint density at radius 2 is 1.81 bits per heavy atom. The SMILES string of the molecule is Cc1nc2c(CNC(=O)C(=O)c3ccc(C4CCCCC4)cc3)scc2c(=O)n1C1CCC(=O)NC1=O. The molecule has 0 bridgehead atoms. The summed E-state index contributed by atoms with van der Waals surface area (Å²) in [7, 11) is 0. The number of nitrogens with one attached hydrogen (secondary N) is 2. The molecule has 10 heteroatoms. The molecule has 192 valence electrons. The fraction of sp³-hybridized carbons (Fsp3) is 0.407. The van der Waals surface area contributed by atoms with Crippen LogP contribution in [0.15, 0.2) is 34.4 Å². The molecule has 5 rings (SSSR count). The van der Waals surface area contributed by atoms with Crippen LogP contribution in [0, 0.1) is 6.92 Å². The average Bonchev–Trinajstić information content (AvgIpc) is 3.31. The molecule has 1 saturated heterocycles. The van der Waals surface area contributed by atoms with E-state index in [2.05, 4.69) is 15.6 Å². The molecule has 3 aromatic rings. The topological polar surface area (TPSA) is 127 Å². The van der Waals surface area contributed by atoms with E-state index in [4.69, 9.17) is 0 Å². The van der Waals surface area contributed by atoms with Crippen LogP contribution in [0.3, 0.4) is 0 Å². The smallest absolute Gasteiger partial charge is 0.292 e. The summed E-state index contributed by atoms with van der Waals surface area (Å²) in [5.74, 6) is -1.35. The van der Waals surface area contributed by atoms with Crippen LogP contribution in [0.5, 0.6) is 0 Å². The van der Waals surface area contributed by atoms with Crippen molar-refractivity contribution in [3.8, 4) is 0 Å². The number of aromatic nitrogens is 2. The van der Waals surface area contributed by atoms with Gasteiger partial charge in [0.25, 0.3) is 11.5 Å². The Morgan fingerprint density at radius 3 is 2.51 bits per heavy atom. The molecular weight excluding hydrogens is 492 g/mol. The first-order valence-corrected chi connectivity index (χ1v) is 13.5. The maximum absolute atomic E-state index is 13.2. The first kappa shape index (κ1) is 25.0. The number of carbonyl (C=O) groups excluding carboxylic acids is 4. The van der Waals surface area contributed by atoms with Gasteiger partial charge in [-0.1, -0.05) is 43.5 Å². The first-order chi connectivity index (χ1) is 17.8. The van der Waals surface area contributed by atoms with Crippen molar-refractivity contribution < 1.29 is 19.2 Å². The summed E-state index contributed by atoms with van der Waals surface area (Å²) >= 11 is 1.25. The van der Waals surface area contributed by atoms with Crippen LogP contribution in [-0.2, 0) is 20.9 Å². The Balaban J connectivity index is 1.28. The van der Waals surface area contributed by atoms with Crippen molar-refractivity contribution in [2.75, 3.05) is 0 Å². The lowest BCUT2D eigenvalue weighted by Crippen LogP contribution is -2.45. The fourth-order valence-corrected chi connectivity index (χ4v) is 6.19. The normalized spacial score (nSPS) is 18.6. The lowest BCUT2D eigenvalue weighted by atomic mass is 9.84. The van der Waals surface area contributed by atoms with Crippen LogP contribution in [-0.4, -0.2) is 33.1 Å². The predicted octanol–water partition coefficient (Wildman–Crippen LogP) is 3.29. The molecule has 1 unspecified atom stereocenters. The highest BCUT2D eigenvalue weighted by Gasteiger charge is 2.31. The highest BCUT2D eigenvalue weighted by Crippen LogP contribution is 2.32. The fourth-order valence-electron chi connectivity index (χ4n) is 5.29. The van der Waals surface area contributed by atoms with Gasteiger partial charge in [-0.3, -0.25) is 33.9 Å². The number of rotatable bonds is 6. The van der Waals surface area contributed by atoms with Crippen LogP contribution in [0.4, 0.5) is 0 Å². The van der Waals surface area contributed by atoms with E-state index < -0.39 is 23.6 Å². The molecule has 37 heavy (non-hydrogen) atoms. The van der Waals surface area contributed by atoms with Gasteiger partial charge in [0.1, 0.15) is 11.9 Å². The van der Waals surface area contributed by atoms with Crippen LogP contribution in [0.25, 0.3) is 10.9 Å². The summed E-state index contributed by atoms with van der Waals surface area (Å²) < 4.78 is 1.32. The van der Waals surface area contributed by atoms with Gasteiger partial charge >= 0.3 is 0 Å². The quantitative estimate of drug-likeness (QED) is 0.292. The second-order valence-corrected chi connectivity index (χ2v) is 10.7. The molecule has 1 aliphatic heterocycles. The Bertz CT molecular complexity index is 1450. The Kier molecular flexibility index (Phi) is 7.01. The zero-order valence-electron chi connectivity index (χ0n) is 20.5. The average molecular weight is 521 g/mol. The minimum absolute atomic E-state index is 0.0488. The number of benzene rings is 1. The summed E-state index contributed by atoms with van der Waals surface area (Å²) in [5, 5.41) is 6.89. The Morgan fingerprint density at radius 1 is 1.08 bits per heavy atom. The number of Topliss-reactive ketones (excluding diaryl/α,β-unsaturated/α-hetero) is 1. The lowest BCUT2D eigenvalue weighted by Gasteiger charge is -2.24. The van der Waals surface area contributed by atoms with E-state index in [0.717, 1.165) is 12.8 Å². The summed E-state index contributed by atoms with van der Waals surface area (Å²) in [4.78, 5) is 67.5. The molecule has 9 nitrogen and oxygen atoms in total. The molecule has 2 aliphatic rings. The van der Waals surface area contributed by atoms with Crippen LogP contribution in [0.2, 0.25) is 0 Å². The minimum Gasteiger partial charge on any atom is -0.344 e. The number of hydrogen-bond acceptors (Lipinski definition) is 7. The van der Waals surface area contributed by atoms with Gasteiger partial charge in [-0.2, -0.15) is 0 Å². The summed E-state index contributed by atoms with van der Waals surface area (Å²) in [6, 6.07) is 6.53. The molecule has 0 spiro atoms. The second-order valence-electron chi connectivity index (χ2n) is 9.69. The predicted molar refractivity (Wildman–Crippen MR) is 138 cm³/mol. The number of nitrogens with zero attached hydrogens (tertiary/aromatic N) is 2. The maximum atomic E-state index is 13.2. The molecule has 3 amide bonds. The van der Waals surface area contributed by atoms with Crippen molar-refractivity contribution in [3.05, 3.63) is 61.8 Å². The number of imide groups is 1. The molecule has 1 atom stereocenters. The molecule has 0 radical (unpaired) electrons. The molecule has 2 aromatic heterocycles. The van der Waals surface area contributed by atoms with E-state index in [9.17, 15) is 24.0 Å². The van der Waals surface area contributed by atoms with Gasteiger partial charge in [0.15, 0.2) is 0 Å². The number of aryl methyl sites for hydroxylation is 1. The molecule has 2 N–H and O–H groups in total. The van der Waals surface area contributed by atoms with Crippen molar-refractivity contribution in [2.24, 2.45) is 0 Å². The van der Waals surface area contributed by atoms with Crippen LogP contribution < -0.4 is 16.2 Å². The third-order valence-electron chi connectivity index (χ3n) is 7.30. The number of carbonyl (C=O) groups is 4. The van der Waals surface area contributed by atoms with Gasteiger partial charge in [-0.05, 0) is 37.7 Å². The van der Waals surface area contributed by atoms with E-state index in [1.807, 2.05) is 12.1 Å². The van der Waals surface area contributed by atoms with Crippen LogP contribution in [0.1, 0.15) is 83.5 Å². The summed E-state index contributed by atoms with van der Waals surface area (Å²) in [6.07, 6.45) is 6.43. The molecule has 3 heterocycles. The van der Waals surface area contributed by atoms with Crippen LogP contribution >= 0.6 is 11.3 Å². The number of piperidine rings is 1. The number of ketones is 1. The summed E-state index contributed by atoms with van der Waals surface area (Å²) in [6.45, 7) is 1.68. The van der Waals surface area contributed by atoms with Gasteiger partial charge in [0.2, 0.25) is 17.6 Å². The van der Waals surface area contributed by atoms with E-state index in [1.165, 1.54) is 40.7 Å². The molecule has 1 saturated carbocycles. The molecule has 2 fully saturated rings. The van der Waals surface area contributed by atoms with Crippen molar-refractivity contribution in [1.29, 1.82) is 0 Å². The molecule has 1 aliphatic carbocycles. The van der Waals surface area contributed by atoms with Gasteiger partial charge in [-0.25, -0.2) is 4.98 Å². The largest absolute Gasteiger partial charge is 0.344 e. The first-order valence-electron chi connectivity index (χ1n) is 12.6. The minimum atomic E-state index is -0.799. The Hall–Kier alpha value is -3.66. The van der Waals surface area contributed by atoms with Gasteiger partial charge < -0.3 is 5.32 Å². The van der Waals surface area contributed by atoms with E-state index in [0.29, 0.717) is 33.1 Å².